The van der Waals surface area contributed by atoms with Gasteiger partial charge in [0.2, 0.25) is 5.88 Å². The average molecular weight is 495 g/mol. The Morgan fingerprint density at radius 3 is 2.44 bits per heavy atom. The van der Waals surface area contributed by atoms with Crippen LogP contribution < -0.4 is 15.2 Å². The number of hydrogen-bond donors (Lipinski definition) is 1. The molecule has 7 nitrogen and oxygen atoms in total. The summed E-state index contributed by atoms with van der Waals surface area (Å²) in [5.41, 5.74) is 8.10. The molecule has 2 heterocycles. The topological polar surface area (TPSA) is 95.3 Å². The molecule has 0 radical (unpaired) electrons. The Kier molecular flexibility index (Phi) is 6.90. The van der Waals surface area contributed by atoms with E-state index in [1.807, 2.05) is 10.8 Å². The SMILES string of the molecule is COc1ccc(-c2c(-c3ccc(C#N)c(F)c3)nn(C3CCC(N)CC3)c2OC2CCOC2)cc1F. The number of nitriles is 1. The first-order chi connectivity index (χ1) is 17.5. The predicted octanol–water partition coefficient (Wildman–Crippen LogP) is 4.99. The van der Waals surface area contributed by atoms with Crippen molar-refractivity contribution in [3.63, 3.8) is 0 Å². The smallest absolute Gasteiger partial charge is 0.221 e. The Hall–Kier alpha value is -3.48. The lowest BCUT2D eigenvalue weighted by Crippen LogP contribution is -2.29. The zero-order valence-corrected chi connectivity index (χ0v) is 20.0. The van der Waals surface area contributed by atoms with E-state index in [1.165, 1.54) is 25.3 Å². The van der Waals surface area contributed by atoms with E-state index >= 15 is 0 Å². The summed E-state index contributed by atoms with van der Waals surface area (Å²) in [6.45, 7) is 1.04. The van der Waals surface area contributed by atoms with Gasteiger partial charge < -0.3 is 19.9 Å². The van der Waals surface area contributed by atoms with E-state index in [0.29, 0.717) is 41.5 Å². The number of hydrogen-bond acceptors (Lipinski definition) is 6. The van der Waals surface area contributed by atoms with Crippen LogP contribution in [0, 0.1) is 23.0 Å². The van der Waals surface area contributed by atoms with Crippen LogP contribution >= 0.6 is 0 Å². The van der Waals surface area contributed by atoms with E-state index < -0.39 is 11.6 Å². The van der Waals surface area contributed by atoms with E-state index in [9.17, 15) is 14.0 Å². The van der Waals surface area contributed by atoms with Crippen molar-refractivity contribution in [2.45, 2.75) is 50.3 Å². The Morgan fingerprint density at radius 2 is 1.81 bits per heavy atom. The molecule has 1 atom stereocenters. The molecule has 2 aliphatic rings. The summed E-state index contributed by atoms with van der Waals surface area (Å²) >= 11 is 0. The summed E-state index contributed by atoms with van der Waals surface area (Å²) in [6, 6.07) is 11.0. The summed E-state index contributed by atoms with van der Waals surface area (Å²) < 4.78 is 48.5. The molecule has 1 saturated carbocycles. The molecule has 1 aromatic heterocycles. The molecule has 0 bridgehead atoms. The maximum absolute atomic E-state index is 14.9. The Balaban J connectivity index is 1.71. The molecule has 3 aromatic rings. The Labute approximate surface area is 208 Å². The van der Waals surface area contributed by atoms with Crippen molar-refractivity contribution < 1.29 is 23.0 Å². The third-order valence-electron chi connectivity index (χ3n) is 6.92. The molecule has 0 amide bonds. The van der Waals surface area contributed by atoms with Gasteiger partial charge in [0.15, 0.2) is 11.6 Å². The molecule has 188 valence electrons. The second kappa shape index (κ2) is 10.2. The van der Waals surface area contributed by atoms with Crippen LogP contribution in [0.5, 0.6) is 11.6 Å². The van der Waals surface area contributed by atoms with Gasteiger partial charge in [-0.1, -0.05) is 12.1 Å². The monoisotopic (exact) mass is 494 g/mol. The van der Waals surface area contributed by atoms with Crippen molar-refractivity contribution in [3.8, 4) is 40.1 Å². The highest BCUT2D eigenvalue weighted by Crippen LogP contribution is 2.44. The molecule has 1 unspecified atom stereocenters. The molecule has 2 N–H and O–H groups in total. The highest BCUT2D eigenvalue weighted by atomic mass is 19.1. The van der Waals surface area contributed by atoms with Crippen molar-refractivity contribution in [3.05, 3.63) is 53.6 Å². The first kappa shape index (κ1) is 24.2. The molecular weight excluding hydrogens is 466 g/mol. The van der Waals surface area contributed by atoms with Gasteiger partial charge in [-0.05, 0) is 55.5 Å². The van der Waals surface area contributed by atoms with E-state index in [2.05, 4.69) is 0 Å². The van der Waals surface area contributed by atoms with E-state index in [4.69, 9.17) is 25.0 Å². The van der Waals surface area contributed by atoms with Crippen LogP contribution in [0.1, 0.15) is 43.7 Å². The highest BCUT2D eigenvalue weighted by Gasteiger charge is 2.31. The minimum atomic E-state index is -0.647. The van der Waals surface area contributed by atoms with Crippen LogP contribution in [0.3, 0.4) is 0 Å². The van der Waals surface area contributed by atoms with E-state index in [0.717, 1.165) is 32.1 Å². The predicted molar refractivity (Wildman–Crippen MR) is 130 cm³/mol. The number of aromatic nitrogens is 2. The van der Waals surface area contributed by atoms with Crippen molar-refractivity contribution in [1.29, 1.82) is 5.26 Å². The van der Waals surface area contributed by atoms with Crippen molar-refractivity contribution in [1.82, 2.24) is 9.78 Å². The standard InChI is InChI=1S/C27H28F2N4O3/c1-34-24-9-4-16(12-23(24)29)25-26(17-2-3-18(14-30)22(28)13-17)32-33(20-7-5-19(31)6-8-20)27(25)36-21-10-11-35-15-21/h2-4,9,12-13,19-21H,5-8,10-11,15,31H2,1H3. The summed E-state index contributed by atoms with van der Waals surface area (Å²) in [5.74, 6) is -0.564. The van der Waals surface area contributed by atoms with Gasteiger partial charge in [-0.2, -0.15) is 10.4 Å². The number of ether oxygens (including phenoxy) is 3. The number of nitrogens with zero attached hydrogens (tertiary/aromatic N) is 3. The number of halogens is 2. The van der Waals surface area contributed by atoms with Crippen LogP contribution in [0.15, 0.2) is 36.4 Å². The quantitative estimate of drug-likeness (QED) is 0.519. The highest BCUT2D eigenvalue weighted by molar-refractivity contribution is 5.85. The summed E-state index contributed by atoms with van der Waals surface area (Å²) in [4.78, 5) is 0. The zero-order valence-electron chi connectivity index (χ0n) is 20.0. The second-order valence-corrected chi connectivity index (χ2v) is 9.30. The molecule has 1 saturated heterocycles. The average Bonchev–Trinajstić information content (AvgIpc) is 3.53. The van der Waals surface area contributed by atoms with Crippen LogP contribution in [-0.2, 0) is 4.74 Å². The largest absolute Gasteiger partial charge is 0.494 e. The van der Waals surface area contributed by atoms with Crippen molar-refractivity contribution in [2.24, 2.45) is 5.73 Å². The molecule has 2 aromatic carbocycles. The Bertz CT molecular complexity index is 1290. The van der Waals surface area contributed by atoms with E-state index in [1.54, 1.807) is 18.2 Å². The molecule has 36 heavy (non-hydrogen) atoms. The van der Waals surface area contributed by atoms with Gasteiger partial charge in [0, 0.05) is 18.0 Å². The summed E-state index contributed by atoms with van der Waals surface area (Å²) in [6.07, 6.45) is 3.88. The van der Waals surface area contributed by atoms with Gasteiger partial charge in [0.25, 0.3) is 0 Å². The lowest BCUT2D eigenvalue weighted by atomic mass is 9.92. The Morgan fingerprint density at radius 1 is 1.06 bits per heavy atom. The van der Waals surface area contributed by atoms with Gasteiger partial charge in [0.05, 0.1) is 37.5 Å². The minimum Gasteiger partial charge on any atom is -0.494 e. The van der Waals surface area contributed by atoms with Gasteiger partial charge in [-0.3, -0.25) is 0 Å². The molecule has 0 spiro atoms. The molecule has 1 aliphatic carbocycles. The molecule has 9 heteroatoms. The fourth-order valence-corrected chi connectivity index (χ4v) is 4.93. The van der Waals surface area contributed by atoms with Crippen LogP contribution in [0.25, 0.3) is 22.4 Å². The summed E-state index contributed by atoms with van der Waals surface area (Å²) in [7, 11) is 1.41. The first-order valence-electron chi connectivity index (χ1n) is 12.1. The van der Waals surface area contributed by atoms with Gasteiger partial charge in [-0.25, -0.2) is 13.5 Å². The molecule has 1 aliphatic heterocycles. The summed E-state index contributed by atoms with van der Waals surface area (Å²) in [5, 5.41) is 14.1. The third kappa shape index (κ3) is 4.66. The van der Waals surface area contributed by atoms with Gasteiger partial charge in [0.1, 0.15) is 23.7 Å². The van der Waals surface area contributed by atoms with Crippen molar-refractivity contribution >= 4 is 0 Å². The van der Waals surface area contributed by atoms with E-state index in [-0.39, 0.29) is 29.5 Å². The number of benzene rings is 2. The minimum absolute atomic E-state index is 0.0287. The lowest BCUT2D eigenvalue weighted by Gasteiger charge is -2.28. The zero-order chi connectivity index (χ0) is 25.2. The van der Waals surface area contributed by atoms with Crippen LogP contribution in [0.2, 0.25) is 0 Å². The lowest BCUT2D eigenvalue weighted by molar-refractivity contribution is 0.129. The van der Waals surface area contributed by atoms with Gasteiger partial charge >= 0.3 is 0 Å². The van der Waals surface area contributed by atoms with Crippen molar-refractivity contribution in [2.75, 3.05) is 20.3 Å². The molecule has 2 fully saturated rings. The van der Waals surface area contributed by atoms with Gasteiger partial charge in [-0.15, -0.1) is 0 Å². The fraction of sp³-hybridized carbons (Fsp3) is 0.407. The number of rotatable bonds is 6. The van der Waals surface area contributed by atoms with Crippen LogP contribution in [-0.4, -0.2) is 42.2 Å². The fourth-order valence-electron chi connectivity index (χ4n) is 4.93. The first-order valence-corrected chi connectivity index (χ1v) is 12.1. The normalized spacial score (nSPS) is 21.8. The molecular formula is C27H28F2N4O3. The number of methoxy groups -OCH3 is 1. The maximum Gasteiger partial charge on any atom is 0.221 e. The maximum atomic E-state index is 14.9. The second-order valence-electron chi connectivity index (χ2n) is 9.30. The third-order valence-corrected chi connectivity index (χ3v) is 6.92. The number of nitrogens with two attached hydrogens (primary N) is 1. The van der Waals surface area contributed by atoms with Crippen LogP contribution in [0.4, 0.5) is 8.78 Å². The molecule has 5 rings (SSSR count).